The molecule has 3 heterocycles. The number of imidazole rings is 1. The second kappa shape index (κ2) is 12.1. The van der Waals surface area contributed by atoms with Crippen molar-refractivity contribution in [1.29, 1.82) is 0 Å². The van der Waals surface area contributed by atoms with Gasteiger partial charge >= 0.3 is 0 Å². The van der Waals surface area contributed by atoms with Crippen LogP contribution in [-0.2, 0) is 16.1 Å². The summed E-state index contributed by atoms with van der Waals surface area (Å²) in [6, 6.07) is 18.1. The molecule has 8 heteroatoms. The van der Waals surface area contributed by atoms with Crippen LogP contribution in [0, 0.1) is 12.8 Å². The van der Waals surface area contributed by atoms with E-state index in [2.05, 4.69) is 45.5 Å². The molecule has 0 bridgehead atoms. The zero-order valence-corrected chi connectivity index (χ0v) is 25.2. The summed E-state index contributed by atoms with van der Waals surface area (Å²) < 4.78 is 7.79. The molecule has 1 amide bonds. The highest BCUT2D eigenvalue weighted by atomic mass is 35.5. The van der Waals surface area contributed by atoms with Crippen molar-refractivity contribution in [2.75, 3.05) is 33.3 Å². The smallest absolute Gasteiger partial charge is 0.225 e. The zero-order valence-electron chi connectivity index (χ0n) is 23.7. The van der Waals surface area contributed by atoms with Crippen LogP contribution in [-0.4, -0.2) is 64.5 Å². The Labute approximate surface area is 251 Å². The fourth-order valence-corrected chi connectivity index (χ4v) is 6.73. The van der Waals surface area contributed by atoms with Gasteiger partial charge in [-0.2, -0.15) is 0 Å². The third-order valence-corrected chi connectivity index (χ3v) is 9.19. The van der Waals surface area contributed by atoms with Crippen LogP contribution in [0.1, 0.15) is 36.9 Å². The van der Waals surface area contributed by atoms with Crippen LogP contribution < -0.4 is 0 Å². The summed E-state index contributed by atoms with van der Waals surface area (Å²) in [4.78, 5) is 22.9. The van der Waals surface area contributed by atoms with Crippen LogP contribution in [0.5, 0.6) is 0 Å². The molecule has 2 fully saturated rings. The maximum atomic E-state index is 13.3. The Morgan fingerprint density at radius 1 is 0.951 bits per heavy atom. The van der Waals surface area contributed by atoms with E-state index in [0.29, 0.717) is 10.9 Å². The van der Waals surface area contributed by atoms with E-state index in [1.807, 2.05) is 36.4 Å². The summed E-state index contributed by atoms with van der Waals surface area (Å²) in [6.45, 7) is 5.97. The minimum atomic E-state index is 0.0882. The van der Waals surface area contributed by atoms with E-state index in [-0.39, 0.29) is 12.0 Å². The first kappa shape index (κ1) is 28.2. The Bertz CT molecular complexity index is 1540. The first-order valence-corrected chi connectivity index (χ1v) is 15.2. The van der Waals surface area contributed by atoms with E-state index in [4.69, 9.17) is 32.9 Å². The lowest BCUT2D eigenvalue weighted by Crippen LogP contribution is -2.50. The van der Waals surface area contributed by atoms with Crippen LogP contribution in [0.3, 0.4) is 0 Å². The molecule has 1 saturated heterocycles. The van der Waals surface area contributed by atoms with Gasteiger partial charge in [0.1, 0.15) is 5.65 Å². The fourth-order valence-electron chi connectivity index (χ4n) is 6.37. The molecule has 6 nitrogen and oxygen atoms in total. The molecule has 0 N–H and O–H groups in total. The Morgan fingerprint density at radius 2 is 1.68 bits per heavy atom. The Morgan fingerprint density at radius 3 is 2.41 bits per heavy atom. The van der Waals surface area contributed by atoms with Gasteiger partial charge in [-0.3, -0.25) is 9.69 Å². The molecule has 2 aliphatic rings. The predicted molar refractivity (Wildman–Crippen MR) is 165 cm³/mol. The SMILES string of the molecule is CO[C@@H]1CCC[C@@H](C(=O)N2CCN(Cc3c(-c4ccc(Cl)cc4)nc4ccc(-c5ccc(Cl)cc5C)cn34)CC2)C1. The van der Waals surface area contributed by atoms with Crippen molar-refractivity contribution in [2.24, 2.45) is 5.92 Å². The molecule has 1 aliphatic carbocycles. The molecule has 2 aromatic heterocycles. The molecule has 41 heavy (non-hydrogen) atoms. The minimum Gasteiger partial charge on any atom is -0.381 e. The summed E-state index contributed by atoms with van der Waals surface area (Å²) >= 11 is 12.5. The third kappa shape index (κ3) is 6.02. The molecule has 1 aliphatic heterocycles. The number of aryl methyl sites for hydroxylation is 1. The average Bonchev–Trinajstić information content (AvgIpc) is 3.35. The molecule has 214 valence electrons. The predicted octanol–water partition coefficient (Wildman–Crippen LogP) is 7.13. The van der Waals surface area contributed by atoms with Crippen molar-refractivity contribution in [1.82, 2.24) is 19.2 Å². The minimum absolute atomic E-state index is 0.0882. The molecule has 0 radical (unpaired) electrons. The maximum Gasteiger partial charge on any atom is 0.225 e. The maximum absolute atomic E-state index is 13.3. The number of fused-ring (bicyclic) bond motifs is 1. The number of hydrogen-bond acceptors (Lipinski definition) is 4. The molecule has 2 aromatic carbocycles. The van der Waals surface area contributed by atoms with Gasteiger partial charge in [0, 0.05) is 67.6 Å². The van der Waals surface area contributed by atoms with E-state index in [1.165, 1.54) is 0 Å². The number of hydrogen-bond donors (Lipinski definition) is 0. The number of carbonyl (C=O) groups is 1. The topological polar surface area (TPSA) is 50.1 Å². The fraction of sp³-hybridized carbons (Fsp3) is 0.394. The standard InChI is InChI=1S/C33H36Cl2N4O2/c1-22-18-27(35)11-12-29(22)25-8-13-31-36-32(23-6-9-26(34)10-7-23)30(39(31)20-25)21-37-14-16-38(17-15-37)33(40)24-4-3-5-28(19-24)41-2/h6-13,18,20,24,28H,3-5,14-17,19,21H2,1-2H3/t24-,28-/m1/s1. The lowest BCUT2D eigenvalue weighted by atomic mass is 9.86. The Balaban J connectivity index is 1.27. The number of aromatic nitrogens is 2. The van der Waals surface area contributed by atoms with Crippen LogP contribution in [0.2, 0.25) is 10.0 Å². The van der Waals surface area contributed by atoms with E-state index in [9.17, 15) is 4.79 Å². The molecule has 1 saturated carbocycles. The van der Waals surface area contributed by atoms with Crippen molar-refractivity contribution in [3.05, 3.63) is 82.1 Å². The van der Waals surface area contributed by atoms with Crippen LogP contribution >= 0.6 is 23.2 Å². The van der Waals surface area contributed by atoms with E-state index >= 15 is 0 Å². The number of carbonyl (C=O) groups excluding carboxylic acids is 1. The number of pyridine rings is 1. The molecular formula is C33H36Cl2N4O2. The number of piperazine rings is 1. The number of ether oxygens (including phenoxy) is 1. The summed E-state index contributed by atoms with van der Waals surface area (Å²) in [5.41, 5.74) is 7.42. The quantitative estimate of drug-likeness (QED) is 0.239. The van der Waals surface area contributed by atoms with Crippen LogP contribution in [0.25, 0.3) is 28.0 Å². The Kier molecular flexibility index (Phi) is 8.36. The molecule has 2 atom stereocenters. The number of amides is 1. The molecular weight excluding hydrogens is 555 g/mol. The first-order valence-electron chi connectivity index (χ1n) is 14.5. The molecule has 4 aromatic rings. The summed E-state index contributed by atoms with van der Waals surface area (Å²) in [6.07, 6.45) is 6.33. The van der Waals surface area contributed by atoms with Gasteiger partial charge in [-0.15, -0.1) is 0 Å². The normalized spacial score (nSPS) is 20.0. The van der Waals surface area contributed by atoms with Crippen LogP contribution in [0.4, 0.5) is 0 Å². The van der Waals surface area contributed by atoms with Crippen molar-refractivity contribution in [2.45, 2.75) is 45.3 Å². The number of rotatable bonds is 6. The van der Waals surface area contributed by atoms with Gasteiger partial charge in [0.25, 0.3) is 0 Å². The number of benzene rings is 2. The third-order valence-electron chi connectivity index (χ3n) is 8.70. The van der Waals surface area contributed by atoms with Gasteiger partial charge in [0.15, 0.2) is 0 Å². The van der Waals surface area contributed by atoms with Crippen molar-refractivity contribution in [3.8, 4) is 22.4 Å². The Hall–Kier alpha value is -2.90. The molecule has 0 spiro atoms. The lowest BCUT2D eigenvalue weighted by Gasteiger charge is -2.38. The van der Waals surface area contributed by atoms with Gasteiger partial charge in [-0.1, -0.05) is 47.8 Å². The second-order valence-corrected chi connectivity index (χ2v) is 12.2. The molecule has 6 rings (SSSR count). The highest BCUT2D eigenvalue weighted by Gasteiger charge is 2.32. The zero-order chi connectivity index (χ0) is 28.5. The number of halogens is 2. The van der Waals surface area contributed by atoms with Crippen molar-refractivity contribution < 1.29 is 9.53 Å². The average molecular weight is 592 g/mol. The largest absolute Gasteiger partial charge is 0.381 e. The van der Waals surface area contributed by atoms with Crippen molar-refractivity contribution >= 4 is 34.8 Å². The highest BCUT2D eigenvalue weighted by molar-refractivity contribution is 6.31. The second-order valence-electron chi connectivity index (χ2n) is 11.3. The number of methoxy groups -OCH3 is 1. The van der Waals surface area contributed by atoms with Gasteiger partial charge in [-0.05, 0) is 79.3 Å². The highest BCUT2D eigenvalue weighted by Crippen LogP contribution is 2.32. The summed E-state index contributed by atoms with van der Waals surface area (Å²) in [7, 11) is 1.76. The van der Waals surface area contributed by atoms with Gasteiger partial charge in [0.05, 0.1) is 17.5 Å². The van der Waals surface area contributed by atoms with Gasteiger partial charge in [-0.25, -0.2) is 4.98 Å². The number of nitrogens with zero attached hydrogens (tertiary/aromatic N) is 4. The monoisotopic (exact) mass is 590 g/mol. The van der Waals surface area contributed by atoms with Crippen LogP contribution in [0.15, 0.2) is 60.8 Å². The first-order chi connectivity index (χ1) is 19.9. The summed E-state index contributed by atoms with van der Waals surface area (Å²) in [5, 5.41) is 1.44. The summed E-state index contributed by atoms with van der Waals surface area (Å²) in [5.74, 6) is 0.385. The van der Waals surface area contributed by atoms with E-state index < -0.39 is 0 Å². The molecule has 0 unspecified atom stereocenters. The van der Waals surface area contributed by atoms with Crippen molar-refractivity contribution in [3.63, 3.8) is 0 Å². The van der Waals surface area contributed by atoms with Gasteiger partial charge < -0.3 is 14.0 Å². The van der Waals surface area contributed by atoms with E-state index in [1.54, 1.807) is 7.11 Å². The van der Waals surface area contributed by atoms with Gasteiger partial charge in [0.2, 0.25) is 5.91 Å². The lowest BCUT2D eigenvalue weighted by molar-refractivity contribution is -0.140. The van der Waals surface area contributed by atoms with E-state index in [0.717, 1.165) is 103 Å².